The highest BCUT2D eigenvalue weighted by atomic mass is 19.4. The van der Waals surface area contributed by atoms with Gasteiger partial charge in [0.1, 0.15) is 0 Å². The predicted molar refractivity (Wildman–Crippen MR) is 47.0 cm³/mol. The van der Waals surface area contributed by atoms with E-state index >= 15 is 0 Å². The van der Waals surface area contributed by atoms with E-state index < -0.39 is 24.3 Å². The van der Waals surface area contributed by atoms with Crippen molar-refractivity contribution in [1.29, 1.82) is 0 Å². The molecule has 0 spiro atoms. The average Bonchev–Trinajstić information content (AvgIpc) is 1.98. The summed E-state index contributed by atoms with van der Waals surface area (Å²) in [6, 6.07) is 0. The molecule has 86 valence electrons. The number of hydrogen-bond acceptors (Lipinski definition) is 2. The zero-order valence-corrected chi connectivity index (χ0v) is 8.69. The Morgan fingerprint density at radius 3 is 2.14 bits per heavy atom. The van der Waals surface area contributed by atoms with Gasteiger partial charge in [-0.05, 0) is 26.7 Å². The second-order valence-electron chi connectivity index (χ2n) is 3.98. The van der Waals surface area contributed by atoms with Gasteiger partial charge in [-0.2, -0.15) is 13.2 Å². The fourth-order valence-electron chi connectivity index (χ4n) is 0.986. The van der Waals surface area contributed by atoms with Crippen molar-refractivity contribution in [3.63, 3.8) is 0 Å². The molecule has 0 aliphatic rings. The van der Waals surface area contributed by atoms with Crippen LogP contribution in [-0.2, 0) is 4.74 Å². The van der Waals surface area contributed by atoms with Crippen molar-refractivity contribution < 1.29 is 23.0 Å². The van der Waals surface area contributed by atoms with Gasteiger partial charge >= 0.3 is 6.18 Å². The van der Waals surface area contributed by atoms with Crippen LogP contribution in [0.3, 0.4) is 0 Å². The van der Waals surface area contributed by atoms with Gasteiger partial charge in [-0.1, -0.05) is 0 Å². The summed E-state index contributed by atoms with van der Waals surface area (Å²) in [6.45, 7) is 3.54. The molecule has 0 heterocycles. The highest BCUT2D eigenvalue weighted by molar-refractivity contribution is 4.71. The molecule has 14 heavy (non-hydrogen) atoms. The van der Waals surface area contributed by atoms with Crippen molar-refractivity contribution in [1.82, 2.24) is 0 Å². The van der Waals surface area contributed by atoms with Crippen LogP contribution in [0.15, 0.2) is 0 Å². The molecule has 0 fully saturated rings. The Morgan fingerprint density at radius 1 is 1.29 bits per heavy atom. The van der Waals surface area contributed by atoms with Crippen LogP contribution in [0.5, 0.6) is 0 Å². The second kappa shape index (κ2) is 4.98. The van der Waals surface area contributed by atoms with E-state index in [1.165, 1.54) is 7.11 Å². The molecule has 0 rings (SSSR count). The van der Waals surface area contributed by atoms with Crippen LogP contribution >= 0.6 is 0 Å². The smallest absolute Gasteiger partial charge is 0.391 e. The fourth-order valence-corrected chi connectivity index (χ4v) is 0.986. The Kier molecular flexibility index (Phi) is 4.88. The summed E-state index contributed by atoms with van der Waals surface area (Å²) in [5.41, 5.74) is -0.480. The molecule has 1 unspecified atom stereocenters. The van der Waals surface area contributed by atoms with Crippen molar-refractivity contribution in [3.05, 3.63) is 0 Å². The molecular formula is C9H17F3O2. The standard InChI is InChI=1S/C9H17F3O2/c1-8(2,14-3)5-4-7(13)6-9(10,11)12/h7,13H,4-6H2,1-3H3. The Bertz CT molecular complexity index is 166. The molecule has 0 amide bonds. The number of methoxy groups -OCH3 is 1. The first-order chi connectivity index (χ1) is 6.16. The van der Waals surface area contributed by atoms with Gasteiger partial charge < -0.3 is 9.84 Å². The molecule has 0 aromatic heterocycles. The van der Waals surface area contributed by atoms with Crippen LogP contribution in [0.25, 0.3) is 0 Å². The zero-order valence-electron chi connectivity index (χ0n) is 8.69. The molecule has 0 saturated carbocycles. The van der Waals surface area contributed by atoms with Gasteiger partial charge in [-0.3, -0.25) is 0 Å². The molecule has 1 atom stereocenters. The van der Waals surface area contributed by atoms with E-state index in [1.54, 1.807) is 13.8 Å². The predicted octanol–water partition coefficient (Wildman–Crippen LogP) is 2.50. The van der Waals surface area contributed by atoms with Crippen molar-refractivity contribution in [2.75, 3.05) is 7.11 Å². The number of aliphatic hydroxyl groups is 1. The van der Waals surface area contributed by atoms with Crippen LogP contribution in [0, 0.1) is 0 Å². The van der Waals surface area contributed by atoms with Gasteiger partial charge in [-0.15, -0.1) is 0 Å². The zero-order chi connectivity index (χ0) is 11.4. The third-order valence-electron chi connectivity index (χ3n) is 2.10. The van der Waals surface area contributed by atoms with E-state index in [-0.39, 0.29) is 6.42 Å². The van der Waals surface area contributed by atoms with Crippen molar-refractivity contribution >= 4 is 0 Å². The highest BCUT2D eigenvalue weighted by Gasteiger charge is 2.31. The third kappa shape index (κ3) is 7.15. The van der Waals surface area contributed by atoms with Gasteiger partial charge in [0.05, 0.1) is 18.1 Å². The molecule has 0 aromatic carbocycles. The maximum atomic E-state index is 11.8. The monoisotopic (exact) mass is 214 g/mol. The Hall–Kier alpha value is -0.290. The number of rotatable bonds is 5. The number of alkyl halides is 3. The number of hydrogen-bond donors (Lipinski definition) is 1. The lowest BCUT2D eigenvalue weighted by molar-refractivity contribution is -0.155. The van der Waals surface area contributed by atoms with Crippen molar-refractivity contribution in [2.45, 2.75) is 51.0 Å². The Labute approximate surface area is 82.1 Å². The number of aliphatic hydroxyl groups excluding tert-OH is 1. The Morgan fingerprint density at radius 2 is 1.79 bits per heavy atom. The van der Waals surface area contributed by atoms with Gasteiger partial charge in [0, 0.05) is 7.11 Å². The fraction of sp³-hybridized carbons (Fsp3) is 1.00. The lowest BCUT2D eigenvalue weighted by Gasteiger charge is -2.24. The summed E-state index contributed by atoms with van der Waals surface area (Å²) < 4.78 is 40.5. The third-order valence-corrected chi connectivity index (χ3v) is 2.10. The van der Waals surface area contributed by atoms with Crippen LogP contribution < -0.4 is 0 Å². The first-order valence-corrected chi connectivity index (χ1v) is 4.46. The molecule has 0 saturated heterocycles. The van der Waals surface area contributed by atoms with E-state index in [9.17, 15) is 13.2 Å². The Balaban J connectivity index is 3.80. The van der Waals surface area contributed by atoms with E-state index in [0.29, 0.717) is 6.42 Å². The molecular weight excluding hydrogens is 197 g/mol. The maximum Gasteiger partial charge on any atom is 0.391 e. The molecule has 0 aliphatic carbocycles. The van der Waals surface area contributed by atoms with E-state index in [0.717, 1.165) is 0 Å². The second-order valence-corrected chi connectivity index (χ2v) is 3.98. The lowest BCUT2D eigenvalue weighted by Crippen LogP contribution is -2.26. The summed E-state index contributed by atoms with van der Waals surface area (Å²) in [7, 11) is 1.50. The average molecular weight is 214 g/mol. The lowest BCUT2D eigenvalue weighted by atomic mass is 9.99. The van der Waals surface area contributed by atoms with Crippen molar-refractivity contribution in [2.24, 2.45) is 0 Å². The minimum Gasteiger partial charge on any atom is -0.393 e. The summed E-state index contributed by atoms with van der Waals surface area (Å²) in [4.78, 5) is 0. The van der Waals surface area contributed by atoms with Crippen LogP contribution in [-0.4, -0.2) is 30.1 Å². The molecule has 0 bridgehead atoms. The normalized spacial score (nSPS) is 15.6. The largest absolute Gasteiger partial charge is 0.393 e. The quantitative estimate of drug-likeness (QED) is 0.762. The van der Waals surface area contributed by atoms with E-state index in [2.05, 4.69) is 0 Å². The molecule has 5 heteroatoms. The van der Waals surface area contributed by atoms with Crippen LogP contribution in [0.4, 0.5) is 13.2 Å². The van der Waals surface area contributed by atoms with Crippen LogP contribution in [0.1, 0.15) is 33.1 Å². The first-order valence-electron chi connectivity index (χ1n) is 4.46. The summed E-state index contributed by atoms with van der Waals surface area (Å²) >= 11 is 0. The molecule has 1 N–H and O–H groups in total. The molecule has 2 nitrogen and oxygen atoms in total. The van der Waals surface area contributed by atoms with Gasteiger partial charge in [0.2, 0.25) is 0 Å². The first kappa shape index (κ1) is 13.7. The molecule has 0 radical (unpaired) electrons. The van der Waals surface area contributed by atoms with Gasteiger partial charge in [-0.25, -0.2) is 0 Å². The number of ether oxygens (including phenoxy) is 1. The van der Waals surface area contributed by atoms with E-state index in [1.807, 2.05) is 0 Å². The number of halogens is 3. The van der Waals surface area contributed by atoms with Crippen molar-refractivity contribution in [3.8, 4) is 0 Å². The van der Waals surface area contributed by atoms with Gasteiger partial charge in [0.25, 0.3) is 0 Å². The van der Waals surface area contributed by atoms with Gasteiger partial charge in [0.15, 0.2) is 0 Å². The summed E-state index contributed by atoms with van der Waals surface area (Å²) in [5.74, 6) is 0. The minimum atomic E-state index is -4.30. The summed E-state index contributed by atoms with van der Waals surface area (Å²) in [6.07, 6.45) is -6.27. The SMILES string of the molecule is COC(C)(C)CCC(O)CC(F)(F)F. The topological polar surface area (TPSA) is 29.5 Å². The molecule has 0 aliphatic heterocycles. The minimum absolute atomic E-state index is 0.0976. The highest BCUT2D eigenvalue weighted by Crippen LogP contribution is 2.25. The van der Waals surface area contributed by atoms with Crippen LogP contribution in [0.2, 0.25) is 0 Å². The molecule has 0 aromatic rings. The van der Waals surface area contributed by atoms with E-state index in [4.69, 9.17) is 9.84 Å². The summed E-state index contributed by atoms with van der Waals surface area (Å²) in [5, 5.41) is 9.07. The maximum absolute atomic E-state index is 11.8.